The number of allylic oxidation sites excluding steroid dienone is 1. The Morgan fingerprint density at radius 3 is 2.88 bits per heavy atom. The molecule has 2 aliphatic rings. The zero-order chi connectivity index (χ0) is 11.4. The molecule has 1 fully saturated rings. The number of hydrogen-bond acceptors (Lipinski definition) is 4. The molecule has 86 valence electrons. The number of hydrogen-bond donors (Lipinski definition) is 1. The maximum absolute atomic E-state index is 9.03. The summed E-state index contributed by atoms with van der Waals surface area (Å²) in [6, 6.07) is 2.74. The van der Waals surface area contributed by atoms with Crippen LogP contribution >= 0.6 is 0 Å². The molecule has 0 radical (unpaired) electrons. The molecular weight excluding hydrogens is 202 g/mol. The Kier molecular flexibility index (Phi) is 3.47. The lowest BCUT2D eigenvalue weighted by Gasteiger charge is -2.35. The van der Waals surface area contributed by atoms with Crippen LogP contribution in [0.25, 0.3) is 0 Å². The molecule has 1 saturated heterocycles. The maximum atomic E-state index is 9.03. The largest absolute Gasteiger partial charge is 0.496 e. The van der Waals surface area contributed by atoms with Crippen LogP contribution in [-0.4, -0.2) is 37.7 Å². The van der Waals surface area contributed by atoms with Crippen LogP contribution in [-0.2, 0) is 4.74 Å². The molecule has 0 unspecified atom stereocenters. The SMILES string of the molecule is COC1=CCN(C2CCNCC2)C=C1C#N. The lowest BCUT2D eigenvalue weighted by Crippen LogP contribution is -2.41. The number of nitrogens with one attached hydrogen (secondary N) is 1. The van der Waals surface area contributed by atoms with Crippen LogP contribution in [0.5, 0.6) is 0 Å². The molecule has 16 heavy (non-hydrogen) atoms. The number of ether oxygens (including phenoxy) is 1. The van der Waals surface area contributed by atoms with E-state index in [0.29, 0.717) is 17.4 Å². The van der Waals surface area contributed by atoms with Crippen molar-refractivity contribution in [3.8, 4) is 6.07 Å². The fourth-order valence-corrected chi connectivity index (χ4v) is 2.25. The zero-order valence-electron chi connectivity index (χ0n) is 9.57. The van der Waals surface area contributed by atoms with Gasteiger partial charge in [0.15, 0.2) is 0 Å². The van der Waals surface area contributed by atoms with E-state index in [1.807, 2.05) is 12.3 Å². The number of nitrogens with zero attached hydrogens (tertiary/aromatic N) is 2. The standard InChI is InChI=1S/C12H17N3O/c1-16-12-4-7-15(9-10(12)8-13)11-2-5-14-6-3-11/h4,9,11,14H,2-3,5-7H2,1H3. The van der Waals surface area contributed by atoms with Gasteiger partial charge in [0.1, 0.15) is 17.4 Å². The number of nitriles is 1. The van der Waals surface area contributed by atoms with Gasteiger partial charge < -0.3 is 15.0 Å². The first-order valence-corrected chi connectivity index (χ1v) is 5.68. The van der Waals surface area contributed by atoms with Crippen molar-refractivity contribution in [2.24, 2.45) is 0 Å². The summed E-state index contributed by atoms with van der Waals surface area (Å²) in [4.78, 5) is 2.25. The highest BCUT2D eigenvalue weighted by Crippen LogP contribution is 2.21. The van der Waals surface area contributed by atoms with Gasteiger partial charge in [-0.25, -0.2) is 0 Å². The van der Waals surface area contributed by atoms with E-state index in [2.05, 4.69) is 16.3 Å². The van der Waals surface area contributed by atoms with Gasteiger partial charge in [-0.05, 0) is 32.0 Å². The molecule has 0 amide bonds. The normalized spacial score (nSPS) is 22.1. The molecule has 0 atom stereocenters. The summed E-state index contributed by atoms with van der Waals surface area (Å²) in [5.41, 5.74) is 0.632. The first kappa shape index (κ1) is 11.0. The molecular formula is C12H17N3O. The third-order valence-electron chi connectivity index (χ3n) is 3.17. The minimum absolute atomic E-state index is 0.555. The van der Waals surface area contributed by atoms with E-state index in [9.17, 15) is 0 Å². The van der Waals surface area contributed by atoms with Gasteiger partial charge in [0, 0.05) is 18.8 Å². The first-order chi connectivity index (χ1) is 7.85. The van der Waals surface area contributed by atoms with E-state index < -0.39 is 0 Å². The van der Waals surface area contributed by atoms with Crippen molar-refractivity contribution in [3.05, 3.63) is 23.6 Å². The third-order valence-corrected chi connectivity index (χ3v) is 3.17. The summed E-state index contributed by atoms with van der Waals surface area (Å²) >= 11 is 0. The molecule has 4 heteroatoms. The lowest BCUT2D eigenvalue weighted by molar-refractivity contribution is 0.228. The van der Waals surface area contributed by atoms with Crippen LogP contribution in [0.4, 0.5) is 0 Å². The number of rotatable bonds is 2. The molecule has 0 saturated carbocycles. The fourth-order valence-electron chi connectivity index (χ4n) is 2.25. The van der Waals surface area contributed by atoms with Crippen LogP contribution < -0.4 is 5.32 Å². The highest BCUT2D eigenvalue weighted by Gasteiger charge is 2.22. The van der Waals surface area contributed by atoms with Crippen molar-refractivity contribution >= 4 is 0 Å². The molecule has 0 aromatic carbocycles. The molecule has 1 N–H and O–H groups in total. The molecule has 2 rings (SSSR count). The van der Waals surface area contributed by atoms with E-state index in [1.54, 1.807) is 7.11 Å². The van der Waals surface area contributed by atoms with Crippen molar-refractivity contribution in [1.82, 2.24) is 10.2 Å². The average molecular weight is 219 g/mol. The van der Waals surface area contributed by atoms with E-state index in [0.717, 1.165) is 32.5 Å². The summed E-state index contributed by atoms with van der Waals surface area (Å²) < 4.78 is 5.16. The van der Waals surface area contributed by atoms with Crippen molar-refractivity contribution < 1.29 is 4.74 Å². The molecule has 0 aromatic rings. The Bertz CT molecular complexity index is 348. The first-order valence-electron chi connectivity index (χ1n) is 5.68. The van der Waals surface area contributed by atoms with E-state index >= 15 is 0 Å². The Morgan fingerprint density at radius 2 is 2.25 bits per heavy atom. The summed E-state index contributed by atoms with van der Waals surface area (Å²) in [6.07, 6.45) is 6.21. The highest BCUT2D eigenvalue weighted by molar-refractivity contribution is 5.40. The molecule has 2 heterocycles. The summed E-state index contributed by atoms with van der Waals surface area (Å²) in [7, 11) is 1.61. The molecule has 0 aliphatic carbocycles. The van der Waals surface area contributed by atoms with E-state index in [4.69, 9.17) is 10.00 Å². The van der Waals surface area contributed by atoms with E-state index in [-0.39, 0.29) is 0 Å². The molecule has 0 aromatic heterocycles. The van der Waals surface area contributed by atoms with Crippen LogP contribution in [0.1, 0.15) is 12.8 Å². The van der Waals surface area contributed by atoms with Gasteiger partial charge in [0.05, 0.1) is 7.11 Å². The summed E-state index contributed by atoms with van der Waals surface area (Å²) in [5, 5.41) is 12.4. The minimum Gasteiger partial charge on any atom is -0.496 e. The maximum Gasteiger partial charge on any atom is 0.135 e. The Hall–Kier alpha value is -1.47. The zero-order valence-corrected chi connectivity index (χ0v) is 9.57. The van der Waals surface area contributed by atoms with Gasteiger partial charge in [0.2, 0.25) is 0 Å². The smallest absolute Gasteiger partial charge is 0.135 e. The van der Waals surface area contributed by atoms with Crippen molar-refractivity contribution in [1.29, 1.82) is 5.26 Å². The summed E-state index contributed by atoms with van der Waals surface area (Å²) in [5.74, 6) is 0.702. The molecule has 4 nitrogen and oxygen atoms in total. The monoisotopic (exact) mass is 219 g/mol. The number of piperidine rings is 1. The highest BCUT2D eigenvalue weighted by atomic mass is 16.5. The second-order valence-corrected chi connectivity index (χ2v) is 4.11. The van der Waals surface area contributed by atoms with Crippen LogP contribution in [0, 0.1) is 11.3 Å². The molecule has 2 aliphatic heterocycles. The average Bonchev–Trinajstić information content (AvgIpc) is 2.39. The summed E-state index contributed by atoms with van der Waals surface area (Å²) in [6.45, 7) is 2.98. The fraction of sp³-hybridized carbons (Fsp3) is 0.583. The predicted molar refractivity (Wildman–Crippen MR) is 61.4 cm³/mol. The number of methoxy groups -OCH3 is 1. The van der Waals surface area contributed by atoms with Gasteiger partial charge in [-0.1, -0.05) is 0 Å². The quantitative estimate of drug-likeness (QED) is 0.752. The van der Waals surface area contributed by atoms with Crippen LogP contribution in [0.2, 0.25) is 0 Å². The van der Waals surface area contributed by atoms with Gasteiger partial charge in [0.25, 0.3) is 0 Å². The van der Waals surface area contributed by atoms with Crippen LogP contribution in [0.15, 0.2) is 23.6 Å². The van der Waals surface area contributed by atoms with Crippen molar-refractivity contribution in [2.75, 3.05) is 26.7 Å². The van der Waals surface area contributed by atoms with Crippen LogP contribution in [0.3, 0.4) is 0 Å². The molecule has 0 spiro atoms. The third kappa shape index (κ3) is 2.20. The van der Waals surface area contributed by atoms with Crippen molar-refractivity contribution in [3.63, 3.8) is 0 Å². The Labute approximate surface area is 96.2 Å². The van der Waals surface area contributed by atoms with Gasteiger partial charge in [-0.15, -0.1) is 0 Å². The van der Waals surface area contributed by atoms with Gasteiger partial charge >= 0.3 is 0 Å². The second kappa shape index (κ2) is 5.04. The van der Waals surface area contributed by atoms with E-state index in [1.165, 1.54) is 0 Å². The van der Waals surface area contributed by atoms with Gasteiger partial charge in [-0.3, -0.25) is 0 Å². The Morgan fingerprint density at radius 1 is 1.50 bits per heavy atom. The molecule has 0 bridgehead atoms. The second-order valence-electron chi connectivity index (χ2n) is 4.11. The van der Waals surface area contributed by atoms with Crippen molar-refractivity contribution in [2.45, 2.75) is 18.9 Å². The predicted octanol–water partition coefficient (Wildman–Crippen LogP) is 0.992. The minimum atomic E-state index is 0.555. The lowest BCUT2D eigenvalue weighted by atomic mass is 10.0. The van der Waals surface area contributed by atoms with Gasteiger partial charge in [-0.2, -0.15) is 5.26 Å². The topological polar surface area (TPSA) is 48.3 Å². The Balaban J connectivity index is 2.07.